The van der Waals surface area contributed by atoms with Crippen molar-refractivity contribution in [1.29, 1.82) is 0 Å². The van der Waals surface area contributed by atoms with Gasteiger partial charge >= 0.3 is 0 Å². The van der Waals surface area contributed by atoms with Crippen LogP contribution in [0.5, 0.6) is 0 Å². The first-order chi connectivity index (χ1) is 7.53. The predicted octanol–water partition coefficient (Wildman–Crippen LogP) is 2.54. The van der Waals surface area contributed by atoms with E-state index in [0.29, 0.717) is 12.0 Å². The molecule has 1 N–H and O–H groups in total. The Kier molecular flexibility index (Phi) is 4.44. The molecular formula is C13H19FO2. The molecule has 0 fully saturated rings. The van der Waals surface area contributed by atoms with Crippen LogP contribution in [0.15, 0.2) is 24.3 Å². The molecule has 2 atom stereocenters. The molecule has 0 saturated carbocycles. The number of hydrogen-bond donors (Lipinski definition) is 1. The lowest BCUT2D eigenvalue weighted by Crippen LogP contribution is -2.42. The number of halogens is 1. The molecule has 2 nitrogen and oxygen atoms in total. The van der Waals surface area contributed by atoms with Crippen LogP contribution in [0, 0.1) is 5.82 Å². The van der Waals surface area contributed by atoms with E-state index in [4.69, 9.17) is 4.74 Å². The molecule has 16 heavy (non-hydrogen) atoms. The van der Waals surface area contributed by atoms with E-state index in [-0.39, 0.29) is 12.2 Å². The summed E-state index contributed by atoms with van der Waals surface area (Å²) in [5.41, 5.74) is -0.103. The van der Waals surface area contributed by atoms with Gasteiger partial charge in [-0.15, -0.1) is 0 Å². The van der Waals surface area contributed by atoms with Gasteiger partial charge in [-0.25, -0.2) is 4.39 Å². The average Bonchev–Trinajstić information content (AvgIpc) is 2.31. The molecule has 0 heterocycles. The molecule has 1 aromatic carbocycles. The van der Waals surface area contributed by atoms with Gasteiger partial charge in [-0.2, -0.15) is 0 Å². The Morgan fingerprint density at radius 2 is 2.06 bits per heavy atom. The number of methoxy groups -OCH3 is 1. The number of hydrogen-bond acceptors (Lipinski definition) is 2. The Hall–Kier alpha value is -0.930. The summed E-state index contributed by atoms with van der Waals surface area (Å²) < 4.78 is 18.7. The van der Waals surface area contributed by atoms with Gasteiger partial charge < -0.3 is 9.84 Å². The van der Waals surface area contributed by atoms with Gasteiger partial charge in [0, 0.05) is 13.5 Å². The van der Waals surface area contributed by atoms with Gasteiger partial charge in [-0.05, 0) is 25.0 Å². The SMILES string of the molecule is CCC(C)(OC)C(O)Cc1ccccc1F. The quantitative estimate of drug-likeness (QED) is 0.836. The second-order valence-corrected chi connectivity index (χ2v) is 4.18. The summed E-state index contributed by atoms with van der Waals surface area (Å²) in [7, 11) is 1.56. The van der Waals surface area contributed by atoms with E-state index in [1.165, 1.54) is 6.07 Å². The van der Waals surface area contributed by atoms with Crippen LogP contribution >= 0.6 is 0 Å². The van der Waals surface area contributed by atoms with Crippen LogP contribution in [0.25, 0.3) is 0 Å². The van der Waals surface area contributed by atoms with Gasteiger partial charge in [0.25, 0.3) is 0 Å². The molecule has 2 unspecified atom stereocenters. The summed E-state index contributed by atoms with van der Waals surface area (Å²) in [6, 6.07) is 6.49. The molecule has 90 valence electrons. The van der Waals surface area contributed by atoms with E-state index >= 15 is 0 Å². The van der Waals surface area contributed by atoms with Crippen molar-refractivity contribution in [3.05, 3.63) is 35.6 Å². The highest BCUT2D eigenvalue weighted by Crippen LogP contribution is 2.23. The minimum atomic E-state index is -0.709. The molecule has 0 bridgehead atoms. The number of benzene rings is 1. The molecule has 0 amide bonds. The summed E-state index contributed by atoms with van der Waals surface area (Å²) in [4.78, 5) is 0. The molecule has 1 rings (SSSR count). The summed E-state index contributed by atoms with van der Waals surface area (Å²) in [6.45, 7) is 3.77. The van der Waals surface area contributed by atoms with E-state index in [2.05, 4.69) is 0 Å². The smallest absolute Gasteiger partial charge is 0.126 e. The van der Waals surface area contributed by atoms with Crippen molar-refractivity contribution in [2.45, 2.75) is 38.4 Å². The van der Waals surface area contributed by atoms with Crippen molar-refractivity contribution >= 4 is 0 Å². The van der Waals surface area contributed by atoms with Gasteiger partial charge in [0.15, 0.2) is 0 Å². The number of rotatable bonds is 5. The highest BCUT2D eigenvalue weighted by Gasteiger charge is 2.31. The number of aliphatic hydroxyl groups is 1. The Bertz CT molecular complexity index is 334. The van der Waals surface area contributed by atoms with Crippen molar-refractivity contribution in [1.82, 2.24) is 0 Å². The molecular weight excluding hydrogens is 207 g/mol. The normalized spacial score (nSPS) is 16.8. The molecule has 0 aromatic heterocycles. The van der Waals surface area contributed by atoms with Crippen molar-refractivity contribution < 1.29 is 14.2 Å². The maximum atomic E-state index is 13.4. The molecule has 0 aliphatic rings. The standard InChI is InChI=1S/C13H19FO2/c1-4-13(2,16-3)12(15)9-10-7-5-6-8-11(10)14/h5-8,12,15H,4,9H2,1-3H3. The Morgan fingerprint density at radius 3 is 2.56 bits per heavy atom. The van der Waals surface area contributed by atoms with Gasteiger partial charge in [-0.1, -0.05) is 25.1 Å². The van der Waals surface area contributed by atoms with Gasteiger partial charge in [0.1, 0.15) is 5.82 Å². The third-order valence-corrected chi connectivity index (χ3v) is 3.24. The lowest BCUT2D eigenvalue weighted by atomic mass is 9.90. The van der Waals surface area contributed by atoms with Crippen molar-refractivity contribution in [2.75, 3.05) is 7.11 Å². The molecule has 0 aliphatic heterocycles. The summed E-state index contributed by atoms with van der Waals surface area (Å²) in [5.74, 6) is -0.281. The first kappa shape index (κ1) is 13.1. The first-order valence-electron chi connectivity index (χ1n) is 5.50. The summed E-state index contributed by atoms with van der Waals surface area (Å²) in [5, 5.41) is 10.1. The molecule has 0 radical (unpaired) electrons. The van der Waals surface area contributed by atoms with Crippen LogP contribution in [-0.2, 0) is 11.2 Å². The van der Waals surface area contributed by atoms with Gasteiger partial charge in [0.2, 0.25) is 0 Å². The predicted molar refractivity (Wildman–Crippen MR) is 61.8 cm³/mol. The topological polar surface area (TPSA) is 29.5 Å². The minimum absolute atomic E-state index is 0.269. The Morgan fingerprint density at radius 1 is 1.44 bits per heavy atom. The molecule has 0 aliphatic carbocycles. The molecule has 1 aromatic rings. The van der Waals surface area contributed by atoms with Crippen molar-refractivity contribution in [3.8, 4) is 0 Å². The summed E-state index contributed by atoms with van der Waals surface area (Å²) in [6.07, 6.45) is 0.239. The number of ether oxygens (including phenoxy) is 1. The molecule has 3 heteroatoms. The fraction of sp³-hybridized carbons (Fsp3) is 0.538. The second-order valence-electron chi connectivity index (χ2n) is 4.18. The van der Waals surface area contributed by atoms with Crippen LogP contribution in [-0.4, -0.2) is 23.9 Å². The largest absolute Gasteiger partial charge is 0.390 e. The molecule has 0 saturated heterocycles. The van der Waals surface area contributed by atoms with Crippen LogP contribution in [0.3, 0.4) is 0 Å². The Balaban J connectivity index is 2.78. The van der Waals surface area contributed by atoms with Crippen LogP contribution in [0.4, 0.5) is 4.39 Å². The monoisotopic (exact) mass is 226 g/mol. The van der Waals surface area contributed by atoms with Crippen molar-refractivity contribution in [2.24, 2.45) is 0 Å². The van der Waals surface area contributed by atoms with E-state index in [9.17, 15) is 9.50 Å². The summed E-state index contributed by atoms with van der Waals surface area (Å²) >= 11 is 0. The zero-order valence-corrected chi connectivity index (χ0v) is 10.0. The van der Waals surface area contributed by atoms with Crippen molar-refractivity contribution in [3.63, 3.8) is 0 Å². The lowest BCUT2D eigenvalue weighted by molar-refractivity contribution is -0.0916. The fourth-order valence-electron chi connectivity index (χ4n) is 1.60. The maximum Gasteiger partial charge on any atom is 0.126 e. The van der Waals surface area contributed by atoms with Crippen LogP contribution in [0.2, 0.25) is 0 Å². The fourth-order valence-corrected chi connectivity index (χ4v) is 1.60. The zero-order valence-electron chi connectivity index (χ0n) is 10.0. The minimum Gasteiger partial charge on any atom is -0.390 e. The molecule has 0 spiro atoms. The third kappa shape index (κ3) is 2.80. The number of aliphatic hydroxyl groups excluding tert-OH is 1. The second kappa shape index (κ2) is 5.41. The van der Waals surface area contributed by atoms with E-state index in [1.54, 1.807) is 25.3 Å². The lowest BCUT2D eigenvalue weighted by Gasteiger charge is -2.32. The average molecular weight is 226 g/mol. The zero-order chi connectivity index (χ0) is 12.2. The first-order valence-corrected chi connectivity index (χ1v) is 5.50. The van der Waals surface area contributed by atoms with Gasteiger partial charge in [0.05, 0.1) is 11.7 Å². The third-order valence-electron chi connectivity index (χ3n) is 3.24. The van der Waals surface area contributed by atoms with Gasteiger partial charge in [-0.3, -0.25) is 0 Å². The highest BCUT2D eigenvalue weighted by molar-refractivity contribution is 5.18. The Labute approximate surface area is 96.1 Å². The van der Waals surface area contributed by atoms with E-state index < -0.39 is 11.7 Å². The maximum absolute atomic E-state index is 13.4. The van der Waals surface area contributed by atoms with Crippen LogP contribution < -0.4 is 0 Å². The van der Waals surface area contributed by atoms with E-state index in [0.717, 1.165) is 0 Å². The van der Waals surface area contributed by atoms with Crippen LogP contribution in [0.1, 0.15) is 25.8 Å². The van der Waals surface area contributed by atoms with E-state index in [1.807, 2.05) is 13.8 Å². The highest BCUT2D eigenvalue weighted by atomic mass is 19.1.